The van der Waals surface area contributed by atoms with Crippen LogP contribution in [0.1, 0.15) is 12.8 Å². The average Bonchev–Trinajstić information content (AvgIpc) is 2.38. The van der Waals surface area contributed by atoms with Crippen LogP contribution in [-0.2, 0) is 4.79 Å². The van der Waals surface area contributed by atoms with Gasteiger partial charge in [-0.3, -0.25) is 9.54 Å². The van der Waals surface area contributed by atoms with E-state index in [-0.39, 0.29) is 12.5 Å². The largest absolute Gasteiger partial charge is 0.341 e. The summed E-state index contributed by atoms with van der Waals surface area (Å²) in [5.74, 6) is 0.132. The van der Waals surface area contributed by atoms with E-state index in [4.69, 9.17) is 0 Å². The molecule has 0 spiro atoms. The number of amides is 1. The summed E-state index contributed by atoms with van der Waals surface area (Å²) in [6.07, 6.45) is 2.29. The zero-order valence-corrected chi connectivity index (χ0v) is 6.84. The van der Waals surface area contributed by atoms with Crippen molar-refractivity contribution in [2.75, 3.05) is 19.6 Å². The Balaban J connectivity index is 2.32. The quantitative estimate of drug-likeness (QED) is 0.550. The molecule has 0 aromatic rings. The third-order valence-corrected chi connectivity index (χ3v) is 1.83. The van der Waals surface area contributed by atoms with E-state index in [9.17, 15) is 4.79 Å². The van der Waals surface area contributed by atoms with Gasteiger partial charge in [-0.05, 0) is 21.9 Å². The van der Waals surface area contributed by atoms with E-state index in [0.717, 1.165) is 25.9 Å². The molecule has 1 aliphatic heterocycles. The van der Waals surface area contributed by atoms with E-state index in [0.29, 0.717) is 0 Å². The standard InChI is InChI=1S/C6H11N2OP/c9-6(5-7-10)8-3-1-2-4-8/h10H,1-5H2. The molecule has 0 atom stereocenters. The van der Waals surface area contributed by atoms with Crippen LogP contribution >= 0.6 is 9.03 Å². The summed E-state index contributed by atoms with van der Waals surface area (Å²) in [7, 11) is 2.92. The normalized spacial score (nSPS) is 17.4. The fourth-order valence-corrected chi connectivity index (χ4v) is 1.27. The monoisotopic (exact) mass is 158 g/mol. The number of likely N-dealkylation sites (tertiary alicyclic amines) is 1. The van der Waals surface area contributed by atoms with Gasteiger partial charge in [0.15, 0.2) is 0 Å². The minimum Gasteiger partial charge on any atom is -0.341 e. The van der Waals surface area contributed by atoms with E-state index in [1.54, 1.807) is 0 Å². The van der Waals surface area contributed by atoms with Crippen LogP contribution in [0.4, 0.5) is 0 Å². The first-order chi connectivity index (χ1) is 4.84. The Morgan fingerprint density at radius 1 is 1.50 bits per heavy atom. The maximum Gasteiger partial charge on any atom is 0.244 e. The van der Waals surface area contributed by atoms with Gasteiger partial charge in [0.25, 0.3) is 0 Å². The molecule has 0 radical (unpaired) electrons. The minimum atomic E-state index is 0.132. The molecule has 0 unspecified atom stereocenters. The second-order valence-corrected chi connectivity index (χ2v) is 2.72. The first-order valence-electron chi connectivity index (χ1n) is 3.45. The second kappa shape index (κ2) is 3.67. The van der Waals surface area contributed by atoms with Crippen molar-refractivity contribution in [1.29, 1.82) is 0 Å². The Morgan fingerprint density at radius 3 is 2.60 bits per heavy atom. The molecule has 1 heterocycles. The van der Waals surface area contributed by atoms with Crippen molar-refractivity contribution >= 4 is 14.9 Å². The van der Waals surface area contributed by atoms with Crippen LogP contribution in [0, 0.1) is 0 Å². The number of nitrogens with zero attached hydrogens (tertiary/aromatic N) is 2. The van der Waals surface area contributed by atoms with Crippen molar-refractivity contribution in [1.82, 2.24) is 4.90 Å². The predicted molar refractivity (Wildman–Crippen MR) is 41.4 cm³/mol. The molecule has 1 amide bonds. The summed E-state index contributed by atoms with van der Waals surface area (Å²) < 4.78 is 3.59. The molecule has 0 aromatic carbocycles. The van der Waals surface area contributed by atoms with E-state index < -0.39 is 0 Å². The van der Waals surface area contributed by atoms with E-state index in [2.05, 4.69) is 13.8 Å². The van der Waals surface area contributed by atoms with Crippen molar-refractivity contribution in [2.24, 2.45) is 4.74 Å². The highest BCUT2D eigenvalue weighted by Gasteiger charge is 2.16. The molecule has 1 saturated heterocycles. The van der Waals surface area contributed by atoms with Crippen LogP contribution < -0.4 is 0 Å². The van der Waals surface area contributed by atoms with Crippen LogP contribution in [0.15, 0.2) is 4.74 Å². The molecule has 0 saturated carbocycles. The van der Waals surface area contributed by atoms with Gasteiger partial charge in [-0.2, -0.15) is 0 Å². The zero-order valence-electron chi connectivity index (χ0n) is 5.84. The third kappa shape index (κ3) is 1.77. The Kier molecular flexibility index (Phi) is 2.82. The molecule has 1 fully saturated rings. The van der Waals surface area contributed by atoms with Gasteiger partial charge in [-0.1, -0.05) is 0 Å². The molecule has 0 N–H and O–H groups in total. The average molecular weight is 158 g/mol. The fraction of sp³-hybridized carbons (Fsp3) is 0.833. The lowest BCUT2D eigenvalue weighted by molar-refractivity contribution is -0.128. The van der Waals surface area contributed by atoms with E-state index in [1.807, 2.05) is 4.90 Å². The van der Waals surface area contributed by atoms with Crippen LogP contribution in [-0.4, -0.2) is 30.4 Å². The van der Waals surface area contributed by atoms with E-state index in [1.165, 1.54) is 0 Å². The first-order valence-corrected chi connectivity index (χ1v) is 3.90. The van der Waals surface area contributed by atoms with Gasteiger partial charge in [-0.15, -0.1) is 0 Å². The number of hydrogen-bond acceptors (Lipinski definition) is 2. The molecular formula is C6H11N2OP. The molecule has 1 aliphatic rings. The first kappa shape index (κ1) is 7.67. The van der Waals surface area contributed by atoms with Crippen molar-refractivity contribution < 1.29 is 4.79 Å². The Morgan fingerprint density at radius 2 is 2.10 bits per heavy atom. The summed E-state index contributed by atoms with van der Waals surface area (Å²) >= 11 is 0. The summed E-state index contributed by atoms with van der Waals surface area (Å²) in [5.41, 5.74) is 0. The molecule has 10 heavy (non-hydrogen) atoms. The number of rotatable bonds is 2. The zero-order chi connectivity index (χ0) is 7.40. The van der Waals surface area contributed by atoms with Gasteiger partial charge in [0.05, 0.1) is 0 Å². The van der Waals surface area contributed by atoms with Crippen LogP contribution in [0.3, 0.4) is 0 Å². The number of hydrogen-bond donors (Lipinski definition) is 0. The summed E-state index contributed by atoms with van der Waals surface area (Å²) in [4.78, 5) is 12.9. The lowest BCUT2D eigenvalue weighted by atomic mass is 10.4. The minimum absolute atomic E-state index is 0.132. The predicted octanol–water partition coefficient (Wildman–Crippen LogP) is 0.935. The molecule has 1 rings (SSSR count). The van der Waals surface area contributed by atoms with Crippen molar-refractivity contribution in [3.63, 3.8) is 0 Å². The maximum atomic E-state index is 11.0. The number of carbonyl (C=O) groups is 1. The molecule has 0 aliphatic carbocycles. The fourth-order valence-electron chi connectivity index (χ4n) is 1.13. The lowest BCUT2D eigenvalue weighted by Crippen LogP contribution is -2.29. The van der Waals surface area contributed by atoms with Crippen molar-refractivity contribution in [2.45, 2.75) is 12.8 Å². The van der Waals surface area contributed by atoms with E-state index >= 15 is 0 Å². The SMILES string of the molecule is O=C(CN=P)N1CCCC1. The number of carbonyl (C=O) groups excluding carboxylic acids is 1. The van der Waals surface area contributed by atoms with Crippen molar-refractivity contribution in [3.05, 3.63) is 0 Å². The van der Waals surface area contributed by atoms with Crippen LogP contribution in [0.5, 0.6) is 0 Å². The molecule has 0 aromatic heterocycles. The van der Waals surface area contributed by atoms with Crippen LogP contribution in [0.25, 0.3) is 0 Å². The summed E-state index contributed by atoms with van der Waals surface area (Å²) in [5, 5.41) is 0. The maximum absolute atomic E-state index is 11.0. The van der Waals surface area contributed by atoms with Crippen molar-refractivity contribution in [3.8, 4) is 0 Å². The molecule has 56 valence electrons. The Labute approximate surface area is 62.7 Å². The highest BCUT2D eigenvalue weighted by atomic mass is 31.0. The Hall–Kier alpha value is -0.430. The summed E-state index contributed by atoms with van der Waals surface area (Å²) in [6.45, 7) is 2.11. The third-order valence-electron chi connectivity index (χ3n) is 1.67. The topological polar surface area (TPSA) is 32.7 Å². The van der Waals surface area contributed by atoms with Gasteiger partial charge in [-0.25, -0.2) is 0 Å². The second-order valence-electron chi connectivity index (χ2n) is 2.40. The summed E-state index contributed by atoms with van der Waals surface area (Å²) in [6, 6.07) is 0. The molecule has 3 nitrogen and oxygen atoms in total. The van der Waals surface area contributed by atoms with Gasteiger partial charge >= 0.3 is 0 Å². The highest BCUT2D eigenvalue weighted by Crippen LogP contribution is 2.07. The molecular weight excluding hydrogens is 147 g/mol. The molecule has 0 bridgehead atoms. The van der Waals surface area contributed by atoms with Crippen LogP contribution in [0.2, 0.25) is 0 Å². The molecule has 4 heteroatoms. The lowest BCUT2D eigenvalue weighted by Gasteiger charge is -2.12. The van der Waals surface area contributed by atoms with Gasteiger partial charge in [0, 0.05) is 13.1 Å². The van der Waals surface area contributed by atoms with Gasteiger partial charge in [0.2, 0.25) is 5.91 Å². The Bertz CT molecular complexity index is 143. The smallest absolute Gasteiger partial charge is 0.244 e. The van der Waals surface area contributed by atoms with Gasteiger partial charge < -0.3 is 4.90 Å². The van der Waals surface area contributed by atoms with Gasteiger partial charge in [0.1, 0.15) is 6.54 Å². The highest BCUT2D eigenvalue weighted by molar-refractivity contribution is 7.04.